The molecule has 1 aromatic heterocycles. The Kier molecular flexibility index (Phi) is 4.32. The molecule has 2 rings (SSSR count). The molecule has 0 saturated heterocycles. The van der Waals surface area contributed by atoms with Gasteiger partial charge in [-0.05, 0) is 18.6 Å². The molecule has 2 aromatic rings. The van der Waals surface area contributed by atoms with E-state index in [0.29, 0.717) is 6.54 Å². The summed E-state index contributed by atoms with van der Waals surface area (Å²) in [6, 6.07) is 7.80. The van der Waals surface area contributed by atoms with Crippen molar-refractivity contribution in [3.8, 4) is 5.75 Å². The molecule has 0 radical (unpaired) electrons. The lowest BCUT2D eigenvalue weighted by Crippen LogP contribution is -2.06. The lowest BCUT2D eigenvalue weighted by atomic mass is 10.2. The van der Waals surface area contributed by atoms with Gasteiger partial charge in [0.1, 0.15) is 5.75 Å². The van der Waals surface area contributed by atoms with Crippen molar-refractivity contribution in [2.24, 2.45) is 7.05 Å². The summed E-state index contributed by atoms with van der Waals surface area (Å²) in [4.78, 5) is 0. The summed E-state index contributed by atoms with van der Waals surface area (Å²) in [5.41, 5.74) is 2.85. The van der Waals surface area contributed by atoms with Crippen LogP contribution < -0.4 is 10.1 Å². The number of para-hydroxylation sites is 2. The molecule has 5 heteroatoms. The molecule has 4 nitrogen and oxygen atoms in total. The largest absolute Gasteiger partial charge is 0.495 e. The third-order valence-corrected chi connectivity index (χ3v) is 3.49. The number of methoxy groups -OCH3 is 1. The van der Waals surface area contributed by atoms with Crippen molar-refractivity contribution in [1.82, 2.24) is 9.78 Å². The average molecular weight is 280 g/mol. The van der Waals surface area contributed by atoms with Gasteiger partial charge in [-0.2, -0.15) is 5.10 Å². The van der Waals surface area contributed by atoms with E-state index in [1.54, 1.807) is 7.11 Å². The number of ether oxygens (including phenoxy) is 1. The minimum absolute atomic E-state index is 0.614. The van der Waals surface area contributed by atoms with E-state index < -0.39 is 0 Å². The van der Waals surface area contributed by atoms with Crippen LogP contribution in [0.1, 0.15) is 18.3 Å². The van der Waals surface area contributed by atoms with Crippen molar-refractivity contribution in [2.45, 2.75) is 19.9 Å². The van der Waals surface area contributed by atoms with Gasteiger partial charge in [0, 0.05) is 7.05 Å². The number of aryl methyl sites for hydroxylation is 2. The molecular weight excluding hydrogens is 262 g/mol. The number of nitrogens with one attached hydrogen (secondary N) is 1. The summed E-state index contributed by atoms with van der Waals surface area (Å²) in [5.74, 6) is 0.816. The van der Waals surface area contributed by atoms with Crippen molar-refractivity contribution >= 4 is 17.3 Å². The monoisotopic (exact) mass is 279 g/mol. The second kappa shape index (κ2) is 5.97. The van der Waals surface area contributed by atoms with Crippen LogP contribution >= 0.6 is 11.6 Å². The van der Waals surface area contributed by atoms with E-state index in [-0.39, 0.29) is 0 Å². The van der Waals surface area contributed by atoms with E-state index in [9.17, 15) is 0 Å². The van der Waals surface area contributed by atoms with Gasteiger partial charge >= 0.3 is 0 Å². The smallest absolute Gasteiger partial charge is 0.141 e. The molecule has 102 valence electrons. The number of anilines is 1. The fourth-order valence-corrected chi connectivity index (χ4v) is 2.34. The summed E-state index contributed by atoms with van der Waals surface area (Å²) in [6.45, 7) is 2.66. The topological polar surface area (TPSA) is 39.1 Å². The van der Waals surface area contributed by atoms with Crippen LogP contribution in [0, 0.1) is 0 Å². The zero-order valence-corrected chi connectivity index (χ0v) is 12.2. The third-order valence-electron chi connectivity index (χ3n) is 3.06. The molecule has 0 amide bonds. The normalized spacial score (nSPS) is 10.5. The molecule has 1 heterocycles. The molecule has 0 saturated carbocycles. The molecule has 1 N–H and O–H groups in total. The first kappa shape index (κ1) is 13.7. The molecule has 1 aromatic carbocycles. The summed E-state index contributed by atoms with van der Waals surface area (Å²) in [7, 11) is 3.57. The molecule has 0 spiro atoms. The maximum absolute atomic E-state index is 6.32. The van der Waals surface area contributed by atoms with Crippen molar-refractivity contribution in [2.75, 3.05) is 12.4 Å². The number of benzene rings is 1. The third kappa shape index (κ3) is 2.84. The standard InChI is InChI=1S/C14H18ClN3O/c1-4-10-14(15)12(18(2)17-10)9-16-11-7-5-6-8-13(11)19-3/h5-8,16H,4,9H2,1-3H3. The van der Waals surface area contributed by atoms with Gasteiger partial charge in [0.25, 0.3) is 0 Å². The predicted molar refractivity (Wildman–Crippen MR) is 77.9 cm³/mol. The highest BCUT2D eigenvalue weighted by molar-refractivity contribution is 6.31. The van der Waals surface area contributed by atoms with Crippen molar-refractivity contribution in [3.05, 3.63) is 40.7 Å². The fourth-order valence-electron chi connectivity index (χ4n) is 1.98. The first-order chi connectivity index (χ1) is 9.17. The summed E-state index contributed by atoms with van der Waals surface area (Å²) < 4.78 is 7.13. The van der Waals surface area contributed by atoms with E-state index >= 15 is 0 Å². The van der Waals surface area contributed by atoms with Gasteiger partial charge in [0.2, 0.25) is 0 Å². The number of rotatable bonds is 5. The molecule has 0 atom stereocenters. The molecule has 0 aliphatic carbocycles. The Hall–Kier alpha value is -1.68. The average Bonchev–Trinajstić information content (AvgIpc) is 2.71. The zero-order valence-electron chi connectivity index (χ0n) is 11.4. The summed E-state index contributed by atoms with van der Waals surface area (Å²) in [5, 5.41) is 8.47. The Bertz CT molecular complexity index is 566. The lowest BCUT2D eigenvalue weighted by molar-refractivity contribution is 0.416. The van der Waals surface area contributed by atoms with Crippen LogP contribution in [0.4, 0.5) is 5.69 Å². The number of hydrogen-bond donors (Lipinski definition) is 1. The second-order valence-electron chi connectivity index (χ2n) is 4.24. The highest BCUT2D eigenvalue weighted by Crippen LogP contribution is 2.26. The van der Waals surface area contributed by atoms with Crippen LogP contribution in [0.3, 0.4) is 0 Å². The van der Waals surface area contributed by atoms with Crippen LogP contribution in [0.25, 0.3) is 0 Å². The molecule has 0 fully saturated rings. The van der Waals surface area contributed by atoms with Crippen molar-refractivity contribution in [1.29, 1.82) is 0 Å². The Morgan fingerprint density at radius 2 is 2.11 bits per heavy atom. The number of nitrogens with zero attached hydrogens (tertiary/aromatic N) is 2. The molecule has 0 aliphatic rings. The van der Waals surface area contributed by atoms with Crippen LogP contribution in [0.2, 0.25) is 5.02 Å². The van der Waals surface area contributed by atoms with Crippen LogP contribution in [0.15, 0.2) is 24.3 Å². The fraction of sp³-hybridized carbons (Fsp3) is 0.357. The van der Waals surface area contributed by atoms with Crippen molar-refractivity contribution in [3.63, 3.8) is 0 Å². The predicted octanol–water partition coefficient (Wildman–Crippen LogP) is 3.26. The van der Waals surface area contributed by atoms with E-state index in [4.69, 9.17) is 16.3 Å². The van der Waals surface area contributed by atoms with Gasteiger partial charge in [-0.3, -0.25) is 4.68 Å². The number of hydrogen-bond acceptors (Lipinski definition) is 3. The Morgan fingerprint density at radius 3 is 2.74 bits per heavy atom. The molecule has 0 aliphatic heterocycles. The Labute approximate surface area is 118 Å². The maximum atomic E-state index is 6.32. The SMILES string of the molecule is CCc1nn(C)c(CNc2ccccc2OC)c1Cl. The van der Waals surface area contributed by atoms with E-state index in [2.05, 4.69) is 10.4 Å². The van der Waals surface area contributed by atoms with Gasteiger partial charge < -0.3 is 10.1 Å². The van der Waals surface area contributed by atoms with Crippen LogP contribution in [-0.2, 0) is 20.0 Å². The van der Waals surface area contributed by atoms with E-state index in [1.165, 1.54) is 0 Å². The highest BCUT2D eigenvalue weighted by Gasteiger charge is 2.13. The van der Waals surface area contributed by atoms with Crippen molar-refractivity contribution < 1.29 is 4.74 Å². The zero-order chi connectivity index (χ0) is 13.8. The molecule has 19 heavy (non-hydrogen) atoms. The minimum atomic E-state index is 0.614. The minimum Gasteiger partial charge on any atom is -0.495 e. The first-order valence-corrected chi connectivity index (χ1v) is 6.62. The van der Waals surface area contributed by atoms with E-state index in [1.807, 2.05) is 42.9 Å². The Morgan fingerprint density at radius 1 is 1.37 bits per heavy atom. The number of halogens is 1. The summed E-state index contributed by atoms with van der Waals surface area (Å²) >= 11 is 6.32. The van der Waals surface area contributed by atoms with Gasteiger partial charge in [0.05, 0.1) is 35.8 Å². The second-order valence-corrected chi connectivity index (χ2v) is 4.62. The maximum Gasteiger partial charge on any atom is 0.141 e. The number of aromatic nitrogens is 2. The summed E-state index contributed by atoms with van der Waals surface area (Å²) in [6.07, 6.45) is 0.835. The van der Waals surface area contributed by atoms with Gasteiger partial charge in [-0.25, -0.2) is 0 Å². The van der Waals surface area contributed by atoms with Crippen LogP contribution in [-0.4, -0.2) is 16.9 Å². The molecular formula is C14H18ClN3O. The van der Waals surface area contributed by atoms with Gasteiger partial charge in [-0.15, -0.1) is 0 Å². The molecule has 0 bridgehead atoms. The van der Waals surface area contributed by atoms with Gasteiger partial charge in [0.15, 0.2) is 0 Å². The van der Waals surface area contributed by atoms with Gasteiger partial charge in [-0.1, -0.05) is 30.7 Å². The lowest BCUT2D eigenvalue weighted by Gasteiger charge is -2.11. The highest BCUT2D eigenvalue weighted by atomic mass is 35.5. The first-order valence-electron chi connectivity index (χ1n) is 6.24. The van der Waals surface area contributed by atoms with Crippen LogP contribution in [0.5, 0.6) is 5.75 Å². The van der Waals surface area contributed by atoms with E-state index in [0.717, 1.165) is 34.3 Å². The Balaban J connectivity index is 2.17. The quantitative estimate of drug-likeness (QED) is 0.913. The molecule has 0 unspecified atom stereocenters.